The van der Waals surface area contributed by atoms with Crippen LogP contribution in [0.25, 0.3) is 0 Å². The Morgan fingerprint density at radius 1 is 0.722 bits per heavy atom. The van der Waals surface area contributed by atoms with Crippen LogP contribution >= 0.6 is 0 Å². The Bertz CT molecular complexity index is 309. The van der Waals surface area contributed by atoms with Crippen LogP contribution in [0.2, 0.25) is 0 Å². The Hall–Kier alpha value is -1.04. The maximum Gasteiger partial charge on any atom is -0.0288 e. The molecule has 0 N–H and O–H groups in total. The van der Waals surface area contributed by atoms with E-state index in [1.807, 2.05) is 6.08 Å². The van der Waals surface area contributed by atoms with Gasteiger partial charge in [0, 0.05) is 0 Å². The molecule has 0 aliphatic carbocycles. The summed E-state index contributed by atoms with van der Waals surface area (Å²) in [4.78, 5) is 0. The van der Waals surface area contributed by atoms with Crippen LogP contribution in [-0.2, 0) is 0 Å². The second-order valence-electron chi connectivity index (χ2n) is 5.33. The third kappa shape index (κ3) is 11.4. The highest BCUT2D eigenvalue weighted by molar-refractivity contribution is 5.05. The predicted molar refractivity (Wildman–Crippen MR) is 84.8 cm³/mol. The summed E-state index contributed by atoms with van der Waals surface area (Å²) in [7, 11) is 0. The van der Waals surface area contributed by atoms with E-state index in [4.69, 9.17) is 0 Å². The average molecular weight is 246 g/mol. The number of hydrogen-bond acceptors (Lipinski definition) is 0. The summed E-state index contributed by atoms with van der Waals surface area (Å²) in [5.74, 6) is 0. The lowest BCUT2D eigenvalue weighted by atomic mass is 10.1. The molecule has 0 heteroatoms. The van der Waals surface area contributed by atoms with E-state index in [1.165, 1.54) is 42.4 Å². The van der Waals surface area contributed by atoms with Gasteiger partial charge in [0.15, 0.2) is 0 Å². The van der Waals surface area contributed by atoms with Gasteiger partial charge >= 0.3 is 0 Å². The lowest BCUT2D eigenvalue weighted by Gasteiger charge is -2.01. The molecule has 0 unspecified atom stereocenters. The van der Waals surface area contributed by atoms with Gasteiger partial charge in [-0.25, -0.2) is 0 Å². The van der Waals surface area contributed by atoms with Crippen molar-refractivity contribution in [2.45, 2.75) is 66.2 Å². The van der Waals surface area contributed by atoms with Gasteiger partial charge in [0.2, 0.25) is 0 Å². The monoisotopic (exact) mass is 246 g/mol. The molecule has 0 spiro atoms. The number of allylic oxidation sites excluding steroid dienone is 7. The van der Waals surface area contributed by atoms with Crippen molar-refractivity contribution >= 4 is 0 Å². The zero-order valence-electron chi connectivity index (χ0n) is 12.8. The molecule has 0 aromatic rings. The van der Waals surface area contributed by atoms with Crippen LogP contribution in [0.15, 0.2) is 47.6 Å². The summed E-state index contributed by atoms with van der Waals surface area (Å²) >= 11 is 0. The lowest BCUT2D eigenvalue weighted by molar-refractivity contribution is 0.907. The molecule has 0 aliphatic rings. The summed E-state index contributed by atoms with van der Waals surface area (Å²) in [5, 5.41) is 0. The van der Waals surface area contributed by atoms with Gasteiger partial charge < -0.3 is 0 Å². The molecule has 0 rings (SSSR count). The van der Waals surface area contributed by atoms with Gasteiger partial charge in [-0.3, -0.25) is 0 Å². The Labute approximate surface area is 114 Å². The fraction of sp³-hybridized carbons (Fsp3) is 0.556. The van der Waals surface area contributed by atoms with Crippen LogP contribution in [0, 0.1) is 0 Å². The maximum atomic E-state index is 3.74. The molecule has 18 heavy (non-hydrogen) atoms. The molecule has 0 aromatic carbocycles. The topological polar surface area (TPSA) is 0 Å². The summed E-state index contributed by atoms with van der Waals surface area (Å²) < 4.78 is 0. The van der Waals surface area contributed by atoms with Crippen LogP contribution < -0.4 is 0 Å². The van der Waals surface area contributed by atoms with Crippen LogP contribution in [-0.4, -0.2) is 0 Å². The van der Waals surface area contributed by atoms with E-state index in [2.05, 4.69) is 52.5 Å². The first-order valence-electron chi connectivity index (χ1n) is 7.11. The Morgan fingerprint density at radius 2 is 1.22 bits per heavy atom. The van der Waals surface area contributed by atoms with Gasteiger partial charge in [-0.1, -0.05) is 41.0 Å². The smallest absolute Gasteiger partial charge is 0.0288 e. The predicted octanol–water partition coefficient (Wildman–Crippen LogP) is 6.37. The summed E-state index contributed by atoms with van der Waals surface area (Å²) in [6.45, 7) is 12.5. The van der Waals surface area contributed by atoms with Gasteiger partial charge in [-0.05, 0) is 66.2 Å². The van der Waals surface area contributed by atoms with E-state index in [1.54, 1.807) is 0 Å². The van der Waals surface area contributed by atoms with Crippen LogP contribution in [0.1, 0.15) is 66.2 Å². The van der Waals surface area contributed by atoms with Crippen molar-refractivity contribution < 1.29 is 0 Å². The van der Waals surface area contributed by atoms with Crippen molar-refractivity contribution in [2.75, 3.05) is 0 Å². The molecule has 102 valence electrons. The van der Waals surface area contributed by atoms with E-state index in [9.17, 15) is 0 Å². The van der Waals surface area contributed by atoms with E-state index in [-0.39, 0.29) is 0 Å². The minimum atomic E-state index is 1.09. The third-order valence-electron chi connectivity index (χ3n) is 2.99. The molecule has 0 saturated heterocycles. The van der Waals surface area contributed by atoms with Crippen molar-refractivity contribution in [3.63, 3.8) is 0 Å². The van der Waals surface area contributed by atoms with Crippen LogP contribution in [0.3, 0.4) is 0 Å². The largest absolute Gasteiger partial charge is 0.103 e. The third-order valence-corrected chi connectivity index (χ3v) is 2.99. The first kappa shape index (κ1) is 17.0. The fourth-order valence-electron chi connectivity index (χ4n) is 1.79. The maximum absolute atomic E-state index is 3.74. The summed E-state index contributed by atoms with van der Waals surface area (Å²) in [6, 6.07) is 0. The van der Waals surface area contributed by atoms with E-state index < -0.39 is 0 Å². The van der Waals surface area contributed by atoms with Gasteiger partial charge in [0.25, 0.3) is 0 Å². The fourth-order valence-corrected chi connectivity index (χ4v) is 1.79. The SMILES string of the molecule is C=CCC/C=C(\C)CC/C=C(/C)CCC=C(C)C. The van der Waals surface area contributed by atoms with Crippen molar-refractivity contribution in [1.82, 2.24) is 0 Å². The zero-order valence-corrected chi connectivity index (χ0v) is 12.8. The highest BCUT2D eigenvalue weighted by Gasteiger charge is 1.91. The molecule has 0 bridgehead atoms. The van der Waals surface area contributed by atoms with E-state index >= 15 is 0 Å². The molecule has 0 aliphatic heterocycles. The lowest BCUT2D eigenvalue weighted by Crippen LogP contribution is -1.81. The Balaban J connectivity index is 3.82. The quantitative estimate of drug-likeness (QED) is 0.327. The van der Waals surface area contributed by atoms with Crippen molar-refractivity contribution in [3.8, 4) is 0 Å². The molecule has 0 atom stereocenters. The number of hydrogen-bond donors (Lipinski definition) is 0. The molecule has 0 saturated carbocycles. The van der Waals surface area contributed by atoms with E-state index in [0.29, 0.717) is 0 Å². The molecular weight excluding hydrogens is 216 g/mol. The standard InChI is InChI=1S/C18H30/c1-6-7-8-12-17(4)14-10-15-18(5)13-9-11-16(2)3/h6,11-12,15H,1,7-10,13-14H2,2-5H3/b17-12+,18-15-. The molecular formula is C18H30. The second-order valence-corrected chi connectivity index (χ2v) is 5.33. The van der Waals surface area contributed by atoms with E-state index in [0.717, 1.165) is 12.8 Å². The average Bonchev–Trinajstić information content (AvgIpc) is 2.29. The summed E-state index contributed by atoms with van der Waals surface area (Å²) in [6.07, 6.45) is 16.0. The number of unbranched alkanes of at least 4 members (excludes halogenated alkanes) is 1. The Morgan fingerprint density at radius 3 is 1.72 bits per heavy atom. The van der Waals surface area contributed by atoms with Gasteiger partial charge in [0.05, 0.1) is 0 Å². The molecule has 0 radical (unpaired) electrons. The van der Waals surface area contributed by atoms with Crippen molar-refractivity contribution in [3.05, 3.63) is 47.6 Å². The molecule has 0 aromatic heterocycles. The van der Waals surface area contributed by atoms with Crippen LogP contribution in [0.5, 0.6) is 0 Å². The molecule has 0 heterocycles. The van der Waals surface area contributed by atoms with Crippen molar-refractivity contribution in [2.24, 2.45) is 0 Å². The Kier molecular flexibility index (Phi) is 10.4. The normalized spacial score (nSPS) is 12.4. The molecule has 0 fully saturated rings. The number of rotatable bonds is 9. The van der Waals surface area contributed by atoms with Crippen LogP contribution in [0.4, 0.5) is 0 Å². The van der Waals surface area contributed by atoms with Gasteiger partial charge in [-0.2, -0.15) is 0 Å². The van der Waals surface area contributed by atoms with Crippen molar-refractivity contribution in [1.29, 1.82) is 0 Å². The first-order valence-corrected chi connectivity index (χ1v) is 7.11. The minimum Gasteiger partial charge on any atom is -0.103 e. The molecule has 0 nitrogen and oxygen atoms in total. The summed E-state index contributed by atoms with van der Waals surface area (Å²) in [5.41, 5.74) is 4.44. The highest BCUT2D eigenvalue weighted by Crippen LogP contribution is 2.12. The zero-order chi connectivity index (χ0) is 13.8. The second kappa shape index (κ2) is 11.1. The van der Waals surface area contributed by atoms with Gasteiger partial charge in [-0.15, -0.1) is 6.58 Å². The molecule has 0 amide bonds. The first-order chi connectivity index (χ1) is 8.56. The minimum absolute atomic E-state index is 1.09. The highest BCUT2D eigenvalue weighted by atomic mass is 14.0. The van der Waals surface area contributed by atoms with Gasteiger partial charge in [0.1, 0.15) is 0 Å².